The van der Waals surface area contributed by atoms with Gasteiger partial charge in [-0.3, -0.25) is 14.9 Å². The number of carbonyl (C=O) groups is 2. The third-order valence-corrected chi connectivity index (χ3v) is 10.8. The fraction of sp³-hybridized carbons (Fsp3) is 0.562. The Kier molecular flexibility index (Phi) is 7.31. The van der Waals surface area contributed by atoms with Crippen LogP contribution < -0.4 is 10.6 Å². The molecule has 2 aromatic rings. The fourth-order valence-electron chi connectivity index (χ4n) is 8.39. The Morgan fingerprint density at radius 2 is 1.74 bits per heavy atom. The van der Waals surface area contributed by atoms with Crippen LogP contribution >= 0.6 is 23.2 Å². The molecule has 39 heavy (non-hydrogen) atoms. The summed E-state index contributed by atoms with van der Waals surface area (Å²) in [4.78, 5) is 28.8. The van der Waals surface area contributed by atoms with Crippen molar-refractivity contribution in [3.8, 4) is 0 Å². The molecule has 2 heterocycles. The maximum absolute atomic E-state index is 16.0. The van der Waals surface area contributed by atoms with Crippen molar-refractivity contribution in [2.24, 2.45) is 11.8 Å². The van der Waals surface area contributed by atoms with Crippen LogP contribution in [0.5, 0.6) is 0 Å². The molecule has 208 valence electrons. The van der Waals surface area contributed by atoms with E-state index < -0.39 is 28.7 Å². The molecule has 4 aliphatic rings. The third kappa shape index (κ3) is 4.35. The lowest BCUT2D eigenvalue weighted by Crippen LogP contribution is -2.59. The summed E-state index contributed by atoms with van der Waals surface area (Å²) >= 11 is 12.7. The zero-order chi connectivity index (χ0) is 27.4. The number of fused-ring (bicyclic) bond motifs is 3. The molecule has 0 bridgehead atoms. The van der Waals surface area contributed by atoms with Gasteiger partial charge in [0, 0.05) is 28.6 Å². The molecule has 1 amide bonds. The minimum absolute atomic E-state index is 0.00617. The van der Waals surface area contributed by atoms with Gasteiger partial charge in [0.15, 0.2) is 5.78 Å². The molecule has 2 spiro atoms. The standard InChI is InChI=1S/C32H37Cl2FN2O2/c1-19-9-11-20(12-10-19)17-26(38)29-27(22-7-6-8-24(34)28(22)35)32(31(37-29)15-4-2-3-5-16-31)23-14-13-21(33)18-25(23)36-30(32)39/h6-8,13-14,18-20,27,29,37H,2-5,9-12,15-17H2,1H3,(H,36,39). The van der Waals surface area contributed by atoms with E-state index in [1.54, 1.807) is 24.3 Å². The molecular weight excluding hydrogens is 534 g/mol. The summed E-state index contributed by atoms with van der Waals surface area (Å²) in [7, 11) is 0. The van der Waals surface area contributed by atoms with Gasteiger partial charge in [-0.15, -0.1) is 0 Å². The molecule has 2 aliphatic carbocycles. The van der Waals surface area contributed by atoms with Crippen molar-refractivity contribution in [1.82, 2.24) is 5.32 Å². The van der Waals surface area contributed by atoms with Crippen molar-refractivity contribution in [2.45, 2.75) is 100 Å². The number of hydrogen-bond acceptors (Lipinski definition) is 3. The lowest BCUT2D eigenvalue weighted by molar-refractivity contribution is -0.124. The van der Waals surface area contributed by atoms with Crippen molar-refractivity contribution in [3.05, 3.63) is 63.4 Å². The molecular formula is C32H37Cl2FN2O2. The maximum Gasteiger partial charge on any atom is 0.237 e. The van der Waals surface area contributed by atoms with Crippen LogP contribution in [0.25, 0.3) is 0 Å². The van der Waals surface area contributed by atoms with Gasteiger partial charge in [0.1, 0.15) is 11.2 Å². The number of benzene rings is 2. The Morgan fingerprint density at radius 1 is 1.03 bits per heavy atom. The van der Waals surface area contributed by atoms with Crippen molar-refractivity contribution in [2.75, 3.05) is 5.32 Å². The van der Waals surface area contributed by atoms with E-state index in [1.165, 1.54) is 6.07 Å². The smallest absolute Gasteiger partial charge is 0.237 e. The van der Waals surface area contributed by atoms with E-state index in [0.717, 1.165) is 69.8 Å². The van der Waals surface area contributed by atoms with Crippen LogP contribution in [0.3, 0.4) is 0 Å². The van der Waals surface area contributed by atoms with Gasteiger partial charge in [0.05, 0.1) is 11.1 Å². The molecule has 3 atom stereocenters. The minimum atomic E-state index is -1.16. The Balaban J connectivity index is 1.54. The van der Waals surface area contributed by atoms with Crippen LogP contribution in [0.1, 0.15) is 94.6 Å². The number of ketones is 1. The number of hydrogen-bond donors (Lipinski definition) is 2. The van der Waals surface area contributed by atoms with E-state index in [9.17, 15) is 9.59 Å². The first kappa shape index (κ1) is 27.2. The molecule has 2 N–H and O–H groups in total. The number of carbonyl (C=O) groups excluding carboxylic acids is 2. The molecule has 2 aromatic carbocycles. The molecule has 2 saturated carbocycles. The van der Waals surface area contributed by atoms with Crippen molar-refractivity contribution in [1.29, 1.82) is 0 Å². The van der Waals surface area contributed by atoms with Crippen LogP contribution in [-0.2, 0) is 15.0 Å². The monoisotopic (exact) mass is 570 g/mol. The molecule has 7 heteroatoms. The highest BCUT2D eigenvalue weighted by Crippen LogP contribution is 2.62. The summed E-state index contributed by atoms with van der Waals surface area (Å²) in [5, 5.41) is 7.45. The van der Waals surface area contributed by atoms with Crippen LogP contribution in [-0.4, -0.2) is 23.3 Å². The van der Waals surface area contributed by atoms with Gasteiger partial charge < -0.3 is 5.32 Å². The molecule has 0 aromatic heterocycles. The number of Topliss-reactive ketones (excluding diaryl/α,β-unsaturated/α-hetero) is 1. The first-order valence-electron chi connectivity index (χ1n) is 14.6. The van der Waals surface area contributed by atoms with Gasteiger partial charge in [-0.05, 0) is 66.8 Å². The Hall–Kier alpha value is -1.95. The Bertz CT molecular complexity index is 1280. The third-order valence-electron chi connectivity index (χ3n) is 10.2. The predicted molar refractivity (Wildman–Crippen MR) is 154 cm³/mol. The topological polar surface area (TPSA) is 58.2 Å². The summed E-state index contributed by atoms with van der Waals surface area (Å²) in [6, 6.07) is 9.77. The van der Waals surface area contributed by atoms with Crippen molar-refractivity contribution >= 4 is 40.6 Å². The average molecular weight is 572 g/mol. The number of amides is 1. The van der Waals surface area contributed by atoms with Gasteiger partial charge in [-0.1, -0.05) is 86.8 Å². The Morgan fingerprint density at radius 3 is 2.46 bits per heavy atom. The van der Waals surface area contributed by atoms with E-state index in [1.807, 2.05) is 6.07 Å². The summed E-state index contributed by atoms with van der Waals surface area (Å²) in [6.07, 6.45) is 10.3. The van der Waals surface area contributed by atoms with Gasteiger partial charge in [0.25, 0.3) is 0 Å². The highest BCUT2D eigenvalue weighted by molar-refractivity contribution is 6.31. The largest absolute Gasteiger partial charge is 0.325 e. The van der Waals surface area contributed by atoms with E-state index in [2.05, 4.69) is 17.6 Å². The van der Waals surface area contributed by atoms with E-state index in [-0.39, 0.29) is 16.7 Å². The summed E-state index contributed by atoms with van der Waals surface area (Å²) in [5.74, 6) is -0.361. The fourth-order valence-corrected chi connectivity index (χ4v) is 8.74. The molecule has 3 unspecified atom stereocenters. The molecule has 3 fully saturated rings. The lowest BCUT2D eigenvalue weighted by Gasteiger charge is -2.44. The van der Waals surface area contributed by atoms with Crippen LogP contribution in [0.4, 0.5) is 10.1 Å². The van der Waals surface area contributed by atoms with Crippen LogP contribution in [0.15, 0.2) is 36.4 Å². The molecule has 1 saturated heterocycles. The zero-order valence-corrected chi connectivity index (χ0v) is 24.0. The van der Waals surface area contributed by atoms with E-state index in [0.29, 0.717) is 34.5 Å². The molecule has 2 aliphatic heterocycles. The quantitative estimate of drug-likeness (QED) is 0.392. The lowest BCUT2D eigenvalue weighted by atomic mass is 9.56. The maximum atomic E-state index is 16.0. The van der Waals surface area contributed by atoms with E-state index >= 15 is 4.39 Å². The second-order valence-corrected chi connectivity index (χ2v) is 13.3. The van der Waals surface area contributed by atoms with Gasteiger partial charge in [0.2, 0.25) is 5.91 Å². The summed E-state index contributed by atoms with van der Waals surface area (Å²) in [6.45, 7) is 2.27. The second kappa shape index (κ2) is 10.5. The molecule has 0 radical (unpaired) electrons. The highest BCUT2D eigenvalue weighted by Gasteiger charge is 2.72. The first-order valence-corrected chi connectivity index (χ1v) is 15.4. The zero-order valence-electron chi connectivity index (χ0n) is 22.5. The predicted octanol–water partition coefficient (Wildman–Crippen LogP) is 7.96. The van der Waals surface area contributed by atoms with Gasteiger partial charge in [-0.2, -0.15) is 0 Å². The normalized spacial score (nSPS) is 31.7. The van der Waals surface area contributed by atoms with Crippen LogP contribution in [0.2, 0.25) is 10.0 Å². The van der Waals surface area contributed by atoms with Crippen molar-refractivity contribution in [3.63, 3.8) is 0 Å². The Labute approximate surface area is 240 Å². The molecule has 6 rings (SSSR count). The van der Waals surface area contributed by atoms with Gasteiger partial charge in [-0.25, -0.2) is 4.39 Å². The SMILES string of the molecule is CC1CCC(CC(=O)C2NC3(CCCCCC3)C3(C(=O)Nc4cc(Cl)ccc43)C2c2cccc(Cl)c2F)CC1. The first-order chi connectivity index (χ1) is 18.8. The summed E-state index contributed by atoms with van der Waals surface area (Å²) in [5.41, 5.74) is -0.0561. The van der Waals surface area contributed by atoms with Gasteiger partial charge >= 0.3 is 0 Å². The van der Waals surface area contributed by atoms with Crippen molar-refractivity contribution < 1.29 is 14.0 Å². The number of rotatable bonds is 4. The highest BCUT2D eigenvalue weighted by atomic mass is 35.5. The number of halogens is 3. The van der Waals surface area contributed by atoms with Crippen LogP contribution in [0, 0.1) is 17.7 Å². The number of anilines is 1. The van der Waals surface area contributed by atoms with E-state index in [4.69, 9.17) is 23.2 Å². The molecule has 4 nitrogen and oxygen atoms in total. The minimum Gasteiger partial charge on any atom is -0.325 e. The number of nitrogens with one attached hydrogen (secondary N) is 2. The second-order valence-electron chi connectivity index (χ2n) is 12.5. The summed E-state index contributed by atoms with van der Waals surface area (Å²) < 4.78 is 16.0. The average Bonchev–Trinajstić information content (AvgIpc) is 3.23.